The predicted octanol–water partition coefficient (Wildman–Crippen LogP) is 5.13. The van der Waals surface area contributed by atoms with Crippen LogP contribution in [0.5, 0.6) is 5.75 Å². The van der Waals surface area contributed by atoms with E-state index >= 15 is 0 Å². The van der Waals surface area contributed by atoms with Crippen molar-refractivity contribution in [1.82, 2.24) is 5.43 Å². The number of rotatable bonds is 7. The lowest BCUT2D eigenvalue weighted by atomic mass is 9.96. The summed E-state index contributed by atoms with van der Waals surface area (Å²) in [4.78, 5) is 14.3. The van der Waals surface area contributed by atoms with Crippen LogP contribution in [0.25, 0.3) is 0 Å². The summed E-state index contributed by atoms with van der Waals surface area (Å²) >= 11 is 1.61. The molecule has 1 aliphatic carbocycles. The largest absolute Gasteiger partial charge is 0.491 e. The lowest BCUT2D eigenvalue weighted by Crippen LogP contribution is -2.54. The third kappa shape index (κ3) is 4.35. The molecule has 1 amide bonds. The molecule has 0 saturated carbocycles. The van der Waals surface area contributed by atoms with Crippen molar-refractivity contribution in [2.45, 2.75) is 31.3 Å². The van der Waals surface area contributed by atoms with E-state index in [1.54, 1.807) is 11.3 Å². The number of benzene rings is 2. The second-order valence-electron chi connectivity index (χ2n) is 9.31. The Morgan fingerprint density at radius 2 is 2.14 bits per heavy atom. The number of nitrogens with one attached hydrogen (secondary N) is 2. The highest BCUT2D eigenvalue weighted by Crippen LogP contribution is 2.46. The lowest BCUT2D eigenvalue weighted by molar-refractivity contribution is 0.0677. The predicted molar refractivity (Wildman–Crippen MR) is 140 cm³/mol. The van der Waals surface area contributed by atoms with Gasteiger partial charge in [0.2, 0.25) is 0 Å². The Morgan fingerprint density at radius 3 is 2.94 bits per heavy atom. The minimum absolute atomic E-state index is 0.0837. The number of carbonyl (C=O) groups is 1. The van der Waals surface area contributed by atoms with Gasteiger partial charge in [0.1, 0.15) is 12.4 Å². The summed E-state index contributed by atoms with van der Waals surface area (Å²) in [5.41, 5.74) is 9.28. The molecule has 7 heteroatoms. The summed E-state index contributed by atoms with van der Waals surface area (Å²) in [6, 6.07) is 16.1. The fourth-order valence-electron chi connectivity index (χ4n) is 5.10. The van der Waals surface area contributed by atoms with Crippen LogP contribution >= 0.6 is 11.3 Å². The average Bonchev–Trinajstić information content (AvgIpc) is 3.57. The van der Waals surface area contributed by atoms with Gasteiger partial charge >= 0.3 is 0 Å². The molecule has 6 nitrogen and oxygen atoms in total. The zero-order chi connectivity index (χ0) is 23.8. The number of carbonyl (C=O) groups excluding carboxylic acids is 1. The summed E-state index contributed by atoms with van der Waals surface area (Å²) in [5.74, 6) is 0.908. The number of amides is 1. The van der Waals surface area contributed by atoms with Crippen LogP contribution in [0.3, 0.4) is 0 Å². The van der Waals surface area contributed by atoms with Crippen molar-refractivity contribution < 1.29 is 14.3 Å². The third-order valence-corrected chi connectivity index (χ3v) is 7.99. The molecule has 2 fully saturated rings. The lowest BCUT2D eigenvalue weighted by Gasteiger charge is -2.35. The molecule has 6 rings (SSSR count). The van der Waals surface area contributed by atoms with E-state index in [4.69, 9.17) is 9.47 Å². The molecule has 2 aliphatic heterocycles. The van der Waals surface area contributed by atoms with Gasteiger partial charge in [0.05, 0.1) is 23.0 Å². The number of anilines is 2. The Bertz CT molecular complexity index is 1260. The van der Waals surface area contributed by atoms with Crippen molar-refractivity contribution >= 4 is 28.6 Å². The fraction of sp³-hybridized carbons (Fsp3) is 0.321. The zero-order valence-corrected chi connectivity index (χ0v) is 20.4. The van der Waals surface area contributed by atoms with E-state index in [0.29, 0.717) is 12.2 Å². The number of hydrogen-bond acceptors (Lipinski definition) is 6. The molecule has 3 heterocycles. The first kappa shape index (κ1) is 22.3. The normalized spacial score (nSPS) is 21.0. The monoisotopic (exact) mass is 487 g/mol. The van der Waals surface area contributed by atoms with Crippen LogP contribution < -0.4 is 20.5 Å². The summed E-state index contributed by atoms with van der Waals surface area (Å²) in [7, 11) is 0. The van der Waals surface area contributed by atoms with Crippen LogP contribution in [-0.2, 0) is 11.2 Å². The average molecular weight is 488 g/mol. The van der Waals surface area contributed by atoms with Crippen LogP contribution in [0.2, 0.25) is 0 Å². The molecule has 1 unspecified atom stereocenters. The number of ether oxygens (including phenoxy) is 2. The Balaban J connectivity index is 1.20. The second kappa shape index (κ2) is 9.49. The summed E-state index contributed by atoms with van der Waals surface area (Å²) < 4.78 is 11.9. The van der Waals surface area contributed by atoms with Crippen molar-refractivity contribution in [2.24, 2.45) is 0 Å². The number of allylic oxidation sites excluding steroid dienone is 1. The van der Waals surface area contributed by atoms with Gasteiger partial charge in [0.15, 0.2) is 0 Å². The molecule has 35 heavy (non-hydrogen) atoms. The van der Waals surface area contributed by atoms with Crippen molar-refractivity contribution in [1.29, 1.82) is 0 Å². The molecular formula is C28H29N3O3S. The van der Waals surface area contributed by atoms with Gasteiger partial charge in [-0.15, -0.1) is 11.3 Å². The fourth-order valence-corrected chi connectivity index (χ4v) is 6.16. The smallest absolute Gasteiger partial charge is 0.256 e. The number of hydrogen-bond donors (Lipinski definition) is 2. The van der Waals surface area contributed by atoms with Crippen molar-refractivity contribution in [3.8, 4) is 5.75 Å². The molecule has 180 valence electrons. The van der Waals surface area contributed by atoms with Gasteiger partial charge in [-0.1, -0.05) is 36.4 Å². The Morgan fingerprint density at radius 1 is 1.26 bits per heavy atom. The number of nitrogens with zero attached hydrogens (tertiary/aromatic N) is 1. The first-order valence-corrected chi connectivity index (χ1v) is 13.1. The molecular weight excluding hydrogens is 458 g/mol. The third-order valence-electron chi connectivity index (χ3n) is 6.99. The Kier molecular flexibility index (Phi) is 6.06. The van der Waals surface area contributed by atoms with Crippen molar-refractivity contribution in [3.63, 3.8) is 0 Å². The van der Waals surface area contributed by atoms with Crippen LogP contribution in [0.4, 0.5) is 11.4 Å². The molecule has 0 radical (unpaired) electrons. The summed E-state index contributed by atoms with van der Waals surface area (Å²) in [5, 5.41) is 7.09. The Hall–Kier alpha value is -3.13. The number of hydrazine groups is 1. The van der Waals surface area contributed by atoms with E-state index in [2.05, 4.69) is 29.5 Å². The molecule has 2 aromatic carbocycles. The van der Waals surface area contributed by atoms with Gasteiger partial charge < -0.3 is 19.8 Å². The minimum atomic E-state index is -0.0991. The van der Waals surface area contributed by atoms with Gasteiger partial charge in [-0.05, 0) is 49.1 Å². The standard InChI is InChI=1S/C28H29N3O3S/c1-18-14-22-21(7-4-10-25(22)34-16-20-6-5-13-33-20)27(18)26-15-19(17-35-26)28(32)30-23-8-2-3-9-24(23)31-12-11-29-31/h2-4,7-10,15,17,20,27,29H,1,5-6,11-14,16H2,(H,30,32)/t20-,27?/m0/s1. The van der Waals surface area contributed by atoms with E-state index in [1.165, 1.54) is 11.1 Å². The van der Waals surface area contributed by atoms with Gasteiger partial charge in [-0.3, -0.25) is 4.79 Å². The molecule has 3 aromatic rings. The molecule has 1 aromatic heterocycles. The highest BCUT2D eigenvalue weighted by atomic mass is 32.1. The molecule has 2 saturated heterocycles. The zero-order valence-electron chi connectivity index (χ0n) is 19.6. The van der Waals surface area contributed by atoms with Gasteiger partial charge in [0, 0.05) is 41.4 Å². The van der Waals surface area contributed by atoms with Crippen LogP contribution in [0.15, 0.2) is 66.1 Å². The van der Waals surface area contributed by atoms with Gasteiger partial charge in [0.25, 0.3) is 5.91 Å². The topological polar surface area (TPSA) is 62.8 Å². The van der Waals surface area contributed by atoms with E-state index < -0.39 is 0 Å². The van der Waals surface area contributed by atoms with E-state index in [1.807, 2.05) is 46.8 Å². The second-order valence-corrected chi connectivity index (χ2v) is 10.2. The van der Waals surface area contributed by atoms with E-state index in [9.17, 15) is 4.79 Å². The van der Waals surface area contributed by atoms with Crippen LogP contribution in [0.1, 0.15) is 45.1 Å². The van der Waals surface area contributed by atoms with E-state index in [-0.39, 0.29) is 17.9 Å². The maximum atomic E-state index is 13.1. The van der Waals surface area contributed by atoms with E-state index in [0.717, 1.165) is 66.5 Å². The molecule has 2 atom stereocenters. The maximum absolute atomic E-state index is 13.1. The number of fused-ring (bicyclic) bond motifs is 1. The SMILES string of the molecule is C=C1Cc2c(OC[C@@H]3CCCO3)cccc2C1c1cc(C(=O)Nc2ccccc2N2CCN2)cs1. The highest BCUT2D eigenvalue weighted by Gasteiger charge is 2.31. The van der Waals surface area contributed by atoms with Crippen LogP contribution in [-0.4, -0.2) is 38.3 Å². The molecule has 2 N–H and O–H groups in total. The highest BCUT2D eigenvalue weighted by molar-refractivity contribution is 7.10. The van der Waals surface area contributed by atoms with Crippen molar-refractivity contribution in [3.05, 3.63) is 87.6 Å². The number of para-hydroxylation sites is 2. The minimum Gasteiger partial charge on any atom is -0.491 e. The maximum Gasteiger partial charge on any atom is 0.256 e. The molecule has 3 aliphatic rings. The first-order chi connectivity index (χ1) is 17.2. The summed E-state index contributed by atoms with van der Waals surface area (Å²) in [6.45, 7) is 7.68. The first-order valence-electron chi connectivity index (χ1n) is 12.2. The van der Waals surface area contributed by atoms with Gasteiger partial charge in [-0.25, -0.2) is 5.43 Å². The van der Waals surface area contributed by atoms with Gasteiger partial charge in [-0.2, -0.15) is 0 Å². The van der Waals surface area contributed by atoms with Crippen LogP contribution in [0, 0.1) is 0 Å². The Labute approximate surface area is 209 Å². The molecule has 0 spiro atoms. The quantitative estimate of drug-likeness (QED) is 0.453. The van der Waals surface area contributed by atoms with Crippen molar-refractivity contribution in [2.75, 3.05) is 36.6 Å². The molecule has 0 bridgehead atoms. The summed E-state index contributed by atoms with van der Waals surface area (Å²) in [6.07, 6.45) is 3.14. The number of thiophene rings is 1.